The summed E-state index contributed by atoms with van der Waals surface area (Å²) < 4.78 is 6.30. The molecule has 59 heavy (non-hydrogen) atoms. The first-order chi connectivity index (χ1) is 28.5. The van der Waals surface area contributed by atoms with Crippen molar-refractivity contribution in [2.75, 3.05) is 0 Å². The van der Waals surface area contributed by atoms with E-state index in [4.69, 9.17) is 14.4 Å². The molecular weight excluding hydrogens is 924 g/mol. The fourth-order valence-electron chi connectivity index (χ4n) is 8.16. The second-order valence-corrected chi connectivity index (χ2v) is 15.7. The van der Waals surface area contributed by atoms with Gasteiger partial charge < -0.3 is 9.52 Å². The quantitative estimate of drug-likeness (QED) is 0.169. The molecule has 4 nitrogen and oxygen atoms in total. The van der Waals surface area contributed by atoms with Crippen molar-refractivity contribution in [2.45, 2.75) is 6.92 Å². The van der Waals surface area contributed by atoms with Gasteiger partial charge in [-0.3, -0.25) is 9.97 Å². The Morgan fingerprint density at radius 1 is 0.475 bits per heavy atom. The number of aromatic hydroxyl groups is 1. The van der Waals surface area contributed by atoms with Gasteiger partial charge in [-0.15, -0.1) is 35.6 Å². The number of rotatable bonds is 6. The molecule has 0 bridgehead atoms. The normalized spacial score (nSPS) is 11.4. The summed E-state index contributed by atoms with van der Waals surface area (Å²) in [6.07, 6.45) is 0. The fraction of sp³-hybridized carbons (Fsp3) is 0.0189. The number of benzene rings is 7. The second kappa shape index (κ2) is 14.9. The minimum Gasteiger partial charge on any atom is -0.507 e. The van der Waals surface area contributed by atoms with Crippen LogP contribution in [0.25, 0.3) is 109 Å². The minimum atomic E-state index is 0. The largest absolute Gasteiger partial charge is 0.507 e. The molecule has 0 saturated carbocycles. The summed E-state index contributed by atoms with van der Waals surface area (Å²) in [7, 11) is 0. The van der Waals surface area contributed by atoms with Crippen LogP contribution in [0.3, 0.4) is 0 Å². The predicted molar refractivity (Wildman–Crippen MR) is 240 cm³/mol. The van der Waals surface area contributed by atoms with E-state index in [2.05, 4.69) is 110 Å². The first-order valence-corrected chi connectivity index (χ1v) is 20.1. The van der Waals surface area contributed by atoms with Gasteiger partial charge in [0.25, 0.3) is 0 Å². The van der Waals surface area contributed by atoms with Crippen molar-refractivity contribution in [1.82, 2.24) is 9.97 Å². The number of fused-ring (bicyclic) bond motifs is 5. The number of hydrogen-bond acceptors (Lipinski definition) is 5. The third-order valence-electron chi connectivity index (χ3n) is 10.9. The molecule has 0 radical (unpaired) electrons. The van der Waals surface area contributed by atoms with Crippen LogP contribution in [-0.2, 0) is 21.1 Å². The van der Waals surface area contributed by atoms with Gasteiger partial charge in [0.1, 0.15) is 16.9 Å². The molecule has 0 unspecified atom stereocenters. The number of para-hydroxylation sites is 1. The average molecular weight is 957 g/mol. The predicted octanol–water partition coefficient (Wildman–Crippen LogP) is 14.6. The number of aryl methyl sites for hydroxylation is 1. The van der Waals surface area contributed by atoms with E-state index >= 15 is 0 Å². The van der Waals surface area contributed by atoms with E-state index in [0.717, 1.165) is 83.2 Å². The molecule has 1 N–H and O–H groups in total. The Hall–Kier alpha value is -6.65. The Kier molecular flexibility index (Phi) is 9.28. The minimum absolute atomic E-state index is 0. The zero-order chi connectivity index (χ0) is 38.7. The molecular formula is C53H33N2O2PtS-. The molecule has 0 amide bonds. The van der Waals surface area contributed by atoms with E-state index in [1.807, 2.05) is 78.9 Å². The molecule has 0 aliphatic rings. The Morgan fingerprint density at radius 3 is 1.90 bits per heavy atom. The number of hydrogen-bond donors (Lipinski definition) is 1. The van der Waals surface area contributed by atoms with Crippen molar-refractivity contribution in [3.8, 4) is 71.5 Å². The van der Waals surface area contributed by atoms with Gasteiger partial charge in [0.15, 0.2) is 0 Å². The number of phenols is 1. The van der Waals surface area contributed by atoms with Crippen LogP contribution in [-0.4, -0.2) is 15.1 Å². The van der Waals surface area contributed by atoms with Gasteiger partial charge in [-0.25, -0.2) is 0 Å². The molecule has 0 aliphatic heterocycles. The van der Waals surface area contributed by atoms with Crippen LogP contribution < -0.4 is 0 Å². The molecule has 6 heteroatoms. The molecule has 284 valence electrons. The molecule has 0 spiro atoms. The summed E-state index contributed by atoms with van der Waals surface area (Å²) in [5.41, 5.74) is 11.7. The molecule has 0 atom stereocenters. The van der Waals surface area contributed by atoms with E-state index in [1.54, 1.807) is 11.3 Å². The second-order valence-electron chi connectivity index (χ2n) is 14.7. The fourth-order valence-corrected chi connectivity index (χ4v) is 9.42. The van der Waals surface area contributed by atoms with E-state index in [1.165, 1.54) is 20.5 Å². The van der Waals surface area contributed by atoms with E-state index in [-0.39, 0.29) is 26.8 Å². The molecule has 11 aromatic rings. The van der Waals surface area contributed by atoms with Crippen molar-refractivity contribution in [1.29, 1.82) is 0 Å². The monoisotopic (exact) mass is 956 g/mol. The van der Waals surface area contributed by atoms with E-state index < -0.39 is 0 Å². The SMILES string of the molecule is Cc1cc(-c2sc(-c3ccc4c(c3)oc3ccccc34)c3ccccc23)cc(-c2[c-]c(-c3cc(-c4ccccc4)cc(-c4ccc5ccccc5c4O)n3)ccc2)n1.[Pt]. The number of furan rings is 1. The first-order valence-electron chi connectivity index (χ1n) is 19.3. The standard InChI is InChI=1S/C53H33N2O2S.Pt/c1-32-26-39(53-44-20-8-7-19-43(44)52(58-53)37-23-24-42-41-18-9-10-21-49(41)57-50(42)31-37)30-46(54-32)35-15-11-16-36(27-35)47-28-38(33-12-3-2-4-13-33)29-48(55-47)45-25-22-34-14-5-6-17-40(34)51(45)56;/h2-26,28-31,56H,1H3;/q-1;. The molecule has 7 aromatic carbocycles. The Morgan fingerprint density at radius 2 is 1.10 bits per heavy atom. The zero-order valence-corrected chi connectivity index (χ0v) is 34.8. The smallest absolute Gasteiger partial charge is 0.136 e. The molecule has 0 saturated heterocycles. The summed E-state index contributed by atoms with van der Waals surface area (Å²) in [6, 6.07) is 63.9. The molecule has 0 fully saturated rings. The maximum Gasteiger partial charge on any atom is 0.136 e. The Bertz CT molecular complexity index is 3390. The zero-order valence-electron chi connectivity index (χ0n) is 31.7. The summed E-state index contributed by atoms with van der Waals surface area (Å²) in [5.74, 6) is 0.218. The van der Waals surface area contributed by atoms with Gasteiger partial charge in [0.05, 0.1) is 5.69 Å². The average Bonchev–Trinajstić information content (AvgIpc) is 3.85. The van der Waals surface area contributed by atoms with Crippen molar-refractivity contribution < 1.29 is 30.6 Å². The third-order valence-corrected chi connectivity index (χ3v) is 12.3. The number of nitrogens with zero attached hydrogens (tertiary/aromatic N) is 2. The van der Waals surface area contributed by atoms with Crippen LogP contribution >= 0.6 is 11.3 Å². The van der Waals surface area contributed by atoms with E-state index in [9.17, 15) is 5.11 Å². The molecule has 4 heterocycles. The first kappa shape index (κ1) is 36.7. The number of pyridine rings is 2. The summed E-state index contributed by atoms with van der Waals surface area (Å²) in [4.78, 5) is 12.6. The molecule has 4 aromatic heterocycles. The van der Waals surface area contributed by atoms with Crippen LogP contribution in [0.2, 0.25) is 0 Å². The summed E-state index contributed by atoms with van der Waals surface area (Å²) in [5, 5.41) is 17.9. The van der Waals surface area contributed by atoms with Gasteiger partial charge in [0, 0.05) is 80.4 Å². The van der Waals surface area contributed by atoms with Crippen LogP contribution in [0, 0.1) is 13.0 Å². The Labute approximate surface area is 359 Å². The maximum absolute atomic E-state index is 11.5. The van der Waals surface area contributed by atoms with Gasteiger partial charge in [-0.2, -0.15) is 0 Å². The number of aromatic nitrogens is 2. The topological polar surface area (TPSA) is 59.2 Å². The van der Waals surface area contributed by atoms with Crippen molar-refractivity contribution in [2.24, 2.45) is 0 Å². The summed E-state index contributed by atoms with van der Waals surface area (Å²) in [6.45, 7) is 2.05. The molecule has 11 rings (SSSR count). The van der Waals surface area contributed by atoms with Gasteiger partial charge in [0.2, 0.25) is 0 Å². The third kappa shape index (κ3) is 6.53. The van der Waals surface area contributed by atoms with Crippen LogP contribution in [0.5, 0.6) is 5.75 Å². The summed E-state index contributed by atoms with van der Waals surface area (Å²) >= 11 is 1.80. The number of thiophene rings is 1. The van der Waals surface area contributed by atoms with Crippen LogP contribution in [0.15, 0.2) is 180 Å². The van der Waals surface area contributed by atoms with Crippen LogP contribution in [0.1, 0.15) is 5.69 Å². The van der Waals surface area contributed by atoms with Crippen molar-refractivity contribution >= 4 is 54.8 Å². The van der Waals surface area contributed by atoms with Gasteiger partial charge in [-0.1, -0.05) is 132 Å². The van der Waals surface area contributed by atoms with Crippen molar-refractivity contribution in [3.05, 3.63) is 188 Å². The maximum atomic E-state index is 11.5. The van der Waals surface area contributed by atoms with Gasteiger partial charge in [-0.05, 0) is 71.0 Å². The van der Waals surface area contributed by atoms with E-state index in [0.29, 0.717) is 11.3 Å². The number of phenolic OH excluding ortho intramolecular Hbond substituents is 1. The van der Waals surface area contributed by atoms with Gasteiger partial charge >= 0.3 is 0 Å². The van der Waals surface area contributed by atoms with Crippen LogP contribution in [0.4, 0.5) is 0 Å². The van der Waals surface area contributed by atoms with Crippen molar-refractivity contribution in [3.63, 3.8) is 0 Å². The Balaban J connectivity index is 0.00000420. The molecule has 0 aliphatic carbocycles.